The molecule has 106 valence electrons. The molecule has 0 aliphatic heterocycles. The van der Waals surface area contributed by atoms with E-state index in [1.165, 1.54) is 0 Å². The minimum Gasteiger partial charge on any atom is -0.395 e. The number of amides is 1. The number of nitrogens with one attached hydrogen (secondary N) is 2. The van der Waals surface area contributed by atoms with Crippen LogP contribution in [0.15, 0.2) is 16.6 Å². The van der Waals surface area contributed by atoms with Crippen molar-refractivity contribution in [3.63, 3.8) is 0 Å². The molecule has 0 unspecified atom stereocenters. The van der Waals surface area contributed by atoms with E-state index in [1.807, 2.05) is 32.9 Å². The van der Waals surface area contributed by atoms with Crippen molar-refractivity contribution in [2.75, 3.05) is 11.1 Å². The number of carbonyl (C=O) groups is 1. The van der Waals surface area contributed by atoms with Gasteiger partial charge in [-0.1, -0.05) is 22.9 Å². The highest BCUT2D eigenvalue weighted by atomic mass is 79.9. The highest BCUT2D eigenvalue weighted by molar-refractivity contribution is 9.10. The molecular formula is C14H17BrN4O. The molecule has 0 saturated carbocycles. The predicted molar refractivity (Wildman–Crippen MR) is 83.9 cm³/mol. The number of hydrogen-bond donors (Lipinski definition) is 3. The zero-order chi connectivity index (χ0) is 14.9. The molecule has 2 aromatic rings. The molecule has 0 aliphatic rings. The lowest BCUT2D eigenvalue weighted by Gasteiger charge is -2.11. The molecule has 1 aromatic heterocycles. The SMILES string of the molecule is CCc1[nH]nc(C(=O)Nc2c(C)cc(Br)cc2C)c1N. The van der Waals surface area contributed by atoms with E-state index in [0.29, 0.717) is 12.1 Å². The maximum absolute atomic E-state index is 12.3. The van der Waals surface area contributed by atoms with Gasteiger partial charge < -0.3 is 11.1 Å². The number of aromatic amines is 1. The van der Waals surface area contributed by atoms with Crippen LogP contribution < -0.4 is 11.1 Å². The van der Waals surface area contributed by atoms with Gasteiger partial charge in [0.1, 0.15) is 0 Å². The normalized spacial score (nSPS) is 10.6. The van der Waals surface area contributed by atoms with Gasteiger partial charge in [-0.15, -0.1) is 0 Å². The molecule has 0 saturated heterocycles. The van der Waals surface area contributed by atoms with E-state index in [9.17, 15) is 4.79 Å². The summed E-state index contributed by atoms with van der Waals surface area (Å²) in [5, 5.41) is 9.65. The Labute approximate surface area is 126 Å². The number of aryl methyl sites for hydroxylation is 3. The van der Waals surface area contributed by atoms with Crippen LogP contribution in [0.3, 0.4) is 0 Å². The van der Waals surface area contributed by atoms with Crippen LogP contribution in [0.5, 0.6) is 0 Å². The van der Waals surface area contributed by atoms with Crippen molar-refractivity contribution in [2.24, 2.45) is 0 Å². The van der Waals surface area contributed by atoms with E-state index in [1.54, 1.807) is 0 Å². The van der Waals surface area contributed by atoms with E-state index in [2.05, 4.69) is 31.4 Å². The fourth-order valence-electron chi connectivity index (χ4n) is 2.11. The standard InChI is InChI=1S/C14H17BrN4O/c1-4-10-11(16)13(19-18-10)14(20)17-12-7(2)5-9(15)6-8(12)3/h5-6H,4,16H2,1-3H3,(H,17,20)(H,18,19). The molecular weight excluding hydrogens is 320 g/mol. The largest absolute Gasteiger partial charge is 0.395 e. The Morgan fingerprint density at radius 1 is 1.40 bits per heavy atom. The van der Waals surface area contributed by atoms with Gasteiger partial charge in [-0.3, -0.25) is 9.89 Å². The zero-order valence-electron chi connectivity index (χ0n) is 11.7. The summed E-state index contributed by atoms with van der Waals surface area (Å²) in [5.74, 6) is -0.299. The summed E-state index contributed by atoms with van der Waals surface area (Å²) in [7, 11) is 0. The quantitative estimate of drug-likeness (QED) is 0.804. The maximum Gasteiger partial charge on any atom is 0.278 e. The van der Waals surface area contributed by atoms with Crippen molar-refractivity contribution < 1.29 is 4.79 Å². The molecule has 6 heteroatoms. The van der Waals surface area contributed by atoms with Gasteiger partial charge in [0.15, 0.2) is 5.69 Å². The molecule has 1 aromatic carbocycles. The molecule has 1 amide bonds. The van der Waals surface area contributed by atoms with Gasteiger partial charge >= 0.3 is 0 Å². The van der Waals surface area contributed by atoms with Gasteiger partial charge in [0.05, 0.1) is 11.4 Å². The van der Waals surface area contributed by atoms with Crippen LogP contribution in [0.1, 0.15) is 34.2 Å². The molecule has 0 bridgehead atoms. The van der Waals surface area contributed by atoms with Gasteiger partial charge in [-0.05, 0) is 43.5 Å². The lowest BCUT2D eigenvalue weighted by molar-refractivity contribution is 0.102. The first-order valence-electron chi connectivity index (χ1n) is 6.34. The second-order valence-corrected chi connectivity index (χ2v) is 5.60. The average Bonchev–Trinajstić information content (AvgIpc) is 2.74. The Hall–Kier alpha value is -1.82. The third kappa shape index (κ3) is 2.70. The van der Waals surface area contributed by atoms with Crippen LogP contribution in [0.2, 0.25) is 0 Å². The van der Waals surface area contributed by atoms with Gasteiger partial charge in [-0.2, -0.15) is 5.10 Å². The smallest absolute Gasteiger partial charge is 0.278 e. The fourth-order valence-corrected chi connectivity index (χ4v) is 2.80. The van der Waals surface area contributed by atoms with E-state index in [4.69, 9.17) is 5.73 Å². The number of hydrogen-bond acceptors (Lipinski definition) is 3. The van der Waals surface area contributed by atoms with Gasteiger partial charge in [0.25, 0.3) is 5.91 Å². The summed E-state index contributed by atoms with van der Waals surface area (Å²) in [5.41, 5.74) is 10.1. The zero-order valence-corrected chi connectivity index (χ0v) is 13.3. The van der Waals surface area contributed by atoms with Crippen LogP contribution in [0.4, 0.5) is 11.4 Å². The highest BCUT2D eigenvalue weighted by Gasteiger charge is 2.18. The number of H-pyrrole nitrogens is 1. The molecule has 2 rings (SSSR count). The van der Waals surface area contributed by atoms with Crippen LogP contribution in [-0.2, 0) is 6.42 Å². The molecule has 20 heavy (non-hydrogen) atoms. The van der Waals surface area contributed by atoms with Crippen molar-refractivity contribution in [1.82, 2.24) is 10.2 Å². The summed E-state index contributed by atoms with van der Waals surface area (Å²) in [6, 6.07) is 3.90. The van der Waals surface area contributed by atoms with E-state index >= 15 is 0 Å². The van der Waals surface area contributed by atoms with Crippen LogP contribution in [-0.4, -0.2) is 16.1 Å². The first kappa shape index (κ1) is 14.6. The van der Waals surface area contributed by atoms with Crippen molar-refractivity contribution >= 4 is 33.2 Å². The van der Waals surface area contributed by atoms with Crippen LogP contribution in [0, 0.1) is 13.8 Å². The molecule has 0 spiro atoms. The van der Waals surface area contributed by atoms with Crippen molar-refractivity contribution in [3.8, 4) is 0 Å². The van der Waals surface area contributed by atoms with Gasteiger partial charge in [0.2, 0.25) is 0 Å². The predicted octanol–water partition coefficient (Wildman–Crippen LogP) is 3.19. The molecule has 1 heterocycles. The molecule has 0 atom stereocenters. The number of nitrogen functional groups attached to an aromatic ring is 1. The average molecular weight is 337 g/mol. The van der Waals surface area contributed by atoms with Gasteiger partial charge in [-0.25, -0.2) is 0 Å². The maximum atomic E-state index is 12.3. The topological polar surface area (TPSA) is 83.8 Å². The first-order valence-corrected chi connectivity index (χ1v) is 7.14. The van der Waals surface area contributed by atoms with E-state index in [0.717, 1.165) is 27.0 Å². The van der Waals surface area contributed by atoms with Crippen LogP contribution >= 0.6 is 15.9 Å². The lowest BCUT2D eigenvalue weighted by Crippen LogP contribution is -2.16. The van der Waals surface area contributed by atoms with Crippen molar-refractivity contribution in [2.45, 2.75) is 27.2 Å². The monoisotopic (exact) mass is 336 g/mol. The third-order valence-electron chi connectivity index (χ3n) is 3.19. The molecule has 0 radical (unpaired) electrons. The Morgan fingerprint density at radius 2 is 2.00 bits per heavy atom. The summed E-state index contributed by atoms with van der Waals surface area (Å²) in [6.07, 6.45) is 0.711. The van der Waals surface area contributed by atoms with Crippen molar-refractivity contribution in [3.05, 3.63) is 39.1 Å². The Bertz CT molecular complexity index is 640. The molecule has 5 nitrogen and oxygen atoms in total. The second kappa shape index (κ2) is 5.66. The Balaban J connectivity index is 2.30. The number of carbonyl (C=O) groups excluding carboxylic acids is 1. The number of rotatable bonds is 3. The summed E-state index contributed by atoms with van der Waals surface area (Å²) >= 11 is 3.43. The fraction of sp³-hybridized carbons (Fsp3) is 0.286. The molecule has 4 N–H and O–H groups in total. The number of nitrogens with zero attached hydrogens (tertiary/aromatic N) is 1. The Morgan fingerprint density at radius 3 is 2.50 bits per heavy atom. The minimum absolute atomic E-state index is 0.239. The number of nitrogens with two attached hydrogens (primary N) is 1. The summed E-state index contributed by atoms with van der Waals surface area (Å²) in [6.45, 7) is 5.84. The van der Waals surface area contributed by atoms with Crippen molar-refractivity contribution in [1.29, 1.82) is 0 Å². The number of halogens is 1. The van der Waals surface area contributed by atoms with Gasteiger partial charge in [0, 0.05) is 10.2 Å². The number of benzene rings is 1. The third-order valence-corrected chi connectivity index (χ3v) is 3.65. The highest BCUT2D eigenvalue weighted by Crippen LogP contribution is 2.26. The van der Waals surface area contributed by atoms with Crippen LogP contribution in [0.25, 0.3) is 0 Å². The number of aromatic nitrogens is 2. The van der Waals surface area contributed by atoms with E-state index < -0.39 is 0 Å². The Kier molecular flexibility index (Phi) is 4.13. The molecule has 0 aliphatic carbocycles. The first-order chi connectivity index (χ1) is 9.43. The number of anilines is 2. The lowest BCUT2D eigenvalue weighted by atomic mass is 10.1. The minimum atomic E-state index is -0.299. The van der Waals surface area contributed by atoms with E-state index in [-0.39, 0.29) is 11.6 Å². The summed E-state index contributed by atoms with van der Waals surface area (Å²) in [4.78, 5) is 12.3. The second-order valence-electron chi connectivity index (χ2n) is 4.69. The molecule has 0 fully saturated rings. The summed E-state index contributed by atoms with van der Waals surface area (Å²) < 4.78 is 0.984.